The zero-order valence-electron chi connectivity index (χ0n) is 11.6. The Balaban J connectivity index is 2.97. The van der Waals surface area contributed by atoms with Crippen LogP contribution >= 0.6 is 0 Å². The molecule has 17 heavy (non-hydrogen) atoms. The molecule has 0 aliphatic carbocycles. The zero-order valence-corrected chi connectivity index (χ0v) is 11.6. The summed E-state index contributed by atoms with van der Waals surface area (Å²) in [4.78, 5) is 16.1. The summed E-state index contributed by atoms with van der Waals surface area (Å²) in [5, 5.41) is 2.91. The first-order valence-electron chi connectivity index (χ1n) is 5.89. The number of carbonyl (C=O) groups is 1. The molecule has 0 fully saturated rings. The molecule has 0 spiro atoms. The molecule has 0 unspecified atom stereocenters. The summed E-state index contributed by atoms with van der Waals surface area (Å²) in [6.45, 7) is 12.2. The quantitative estimate of drug-likeness (QED) is 0.811. The van der Waals surface area contributed by atoms with Gasteiger partial charge in [0, 0.05) is 11.7 Å². The minimum absolute atomic E-state index is 0.0275. The van der Waals surface area contributed by atoms with Crippen LogP contribution in [0.3, 0.4) is 0 Å². The van der Waals surface area contributed by atoms with E-state index < -0.39 is 0 Å². The van der Waals surface area contributed by atoms with E-state index in [-0.39, 0.29) is 16.9 Å². The molecule has 3 nitrogen and oxygen atoms in total. The Bertz CT molecular complexity index is 411. The Labute approximate surface area is 104 Å². The summed E-state index contributed by atoms with van der Waals surface area (Å²) in [6.07, 6.45) is 1.69. The average Bonchev–Trinajstić information content (AvgIpc) is 2.14. The van der Waals surface area contributed by atoms with Gasteiger partial charge in [-0.3, -0.25) is 9.78 Å². The molecule has 0 saturated heterocycles. The van der Waals surface area contributed by atoms with E-state index in [1.165, 1.54) is 0 Å². The van der Waals surface area contributed by atoms with Crippen molar-refractivity contribution in [3.05, 3.63) is 29.6 Å². The van der Waals surface area contributed by atoms with Gasteiger partial charge >= 0.3 is 0 Å². The van der Waals surface area contributed by atoms with Gasteiger partial charge in [0.05, 0.1) is 0 Å². The van der Waals surface area contributed by atoms with Crippen LogP contribution in [0.4, 0.5) is 0 Å². The molecule has 0 radical (unpaired) electrons. The number of carbonyl (C=O) groups excluding carboxylic acids is 1. The molecule has 0 aromatic carbocycles. The largest absolute Gasteiger partial charge is 0.346 e. The van der Waals surface area contributed by atoms with Crippen LogP contribution in [0.1, 0.15) is 57.6 Å². The van der Waals surface area contributed by atoms with Crippen molar-refractivity contribution in [3.8, 4) is 0 Å². The fourth-order valence-electron chi connectivity index (χ4n) is 1.43. The monoisotopic (exact) mass is 234 g/mol. The summed E-state index contributed by atoms with van der Waals surface area (Å²) < 4.78 is 0. The van der Waals surface area contributed by atoms with Crippen LogP contribution in [0.25, 0.3) is 0 Å². The van der Waals surface area contributed by atoms with Crippen molar-refractivity contribution in [1.82, 2.24) is 10.3 Å². The maximum absolute atomic E-state index is 12.0. The van der Waals surface area contributed by atoms with Gasteiger partial charge < -0.3 is 5.32 Å². The molecule has 1 aromatic rings. The van der Waals surface area contributed by atoms with Gasteiger partial charge in [-0.05, 0) is 43.9 Å². The molecule has 94 valence electrons. The number of nitrogens with zero attached hydrogens (tertiary/aromatic N) is 1. The topological polar surface area (TPSA) is 42.0 Å². The predicted octanol–water partition coefficient (Wildman–Crippen LogP) is 2.91. The van der Waals surface area contributed by atoms with Crippen LogP contribution in [0.2, 0.25) is 0 Å². The first-order chi connectivity index (χ1) is 7.59. The highest BCUT2D eigenvalue weighted by molar-refractivity contribution is 5.92. The highest BCUT2D eigenvalue weighted by Gasteiger charge is 2.19. The molecule has 1 heterocycles. The van der Waals surface area contributed by atoms with Crippen LogP contribution in [-0.4, -0.2) is 16.4 Å². The molecule has 1 rings (SSSR count). The van der Waals surface area contributed by atoms with Gasteiger partial charge in [-0.25, -0.2) is 0 Å². The number of rotatable bonds is 1. The third-order valence-electron chi connectivity index (χ3n) is 2.35. The fraction of sp³-hybridized carbons (Fsp3) is 0.571. The van der Waals surface area contributed by atoms with Crippen molar-refractivity contribution < 1.29 is 4.79 Å². The molecule has 3 heteroatoms. The fourth-order valence-corrected chi connectivity index (χ4v) is 1.43. The molecule has 1 aromatic heterocycles. The van der Waals surface area contributed by atoms with Crippen LogP contribution in [0.15, 0.2) is 18.3 Å². The molecular formula is C14H22N2O. The van der Waals surface area contributed by atoms with E-state index in [2.05, 4.69) is 31.1 Å². The van der Waals surface area contributed by atoms with Crippen molar-refractivity contribution >= 4 is 5.91 Å². The van der Waals surface area contributed by atoms with Crippen LogP contribution in [-0.2, 0) is 5.41 Å². The van der Waals surface area contributed by atoms with E-state index in [0.717, 1.165) is 5.56 Å². The van der Waals surface area contributed by atoms with Gasteiger partial charge in [0.25, 0.3) is 5.91 Å². The number of amides is 1. The van der Waals surface area contributed by atoms with E-state index in [1.807, 2.05) is 32.9 Å². The SMILES string of the molecule is CC(C)(C)NC(=O)c1cc(C(C)(C)C)ccn1. The molecule has 0 atom stereocenters. The molecular weight excluding hydrogens is 212 g/mol. The Kier molecular flexibility index (Phi) is 3.60. The van der Waals surface area contributed by atoms with E-state index in [0.29, 0.717) is 5.69 Å². The Morgan fingerprint density at radius 3 is 2.24 bits per heavy atom. The molecule has 1 amide bonds. The van der Waals surface area contributed by atoms with Crippen LogP contribution in [0.5, 0.6) is 0 Å². The predicted molar refractivity (Wildman–Crippen MR) is 70.2 cm³/mol. The van der Waals surface area contributed by atoms with Crippen molar-refractivity contribution in [1.29, 1.82) is 0 Å². The summed E-state index contributed by atoms with van der Waals surface area (Å²) in [6, 6.07) is 3.81. The Hall–Kier alpha value is -1.38. The van der Waals surface area contributed by atoms with Crippen molar-refractivity contribution in [2.45, 2.75) is 52.5 Å². The summed E-state index contributed by atoms with van der Waals surface area (Å²) >= 11 is 0. The second-order valence-corrected chi connectivity index (χ2v) is 6.38. The lowest BCUT2D eigenvalue weighted by Gasteiger charge is -2.22. The molecule has 1 N–H and O–H groups in total. The van der Waals surface area contributed by atoms with Crippen molar-refractivity contribution in [2.75, 3.05) is 0 Å². The van der Waals surface area contributed by atoms with Gasteiger partial charge in [-0.15, -0.1) is 0 Å². The van der Waals surface area contributed by atoms with Gasteiger partial charge in [-0.2, -0.15) is 0 Å². The smallest absolute Gasteiger partial charge is 0.270 e. The summed E-state index contributed by atoms with van der Waals surface area (Å²) in [5.74, 6) is -0.122. The van der Waals surface area contributed by atoms with Gasteiger partial charge in [0.1, 0.15) is 5.69 Å². The minimum Gasteiger partial charge on any atom is -0.346 e. The number of pyridine rings is 1. The normalized spacial score (nSPS) is 12.4. The summed E-state index contributed by atoms with van der Waals surface area (Å²) in [7, 11) is 0. The molecule has 0 aliphatic heterocycles. The second kappa shape index (κ2) is 4.47. The van der Waals surface area contributed by atoms with Gasteiger partial charge in [0.2, 0.25) is 0 Å². The third kappa shape index (κ3) is 4.17. The number of aromatic nitrogens is 1. The average molecular weight is 234 g/mol. The highest BCUT2D eigenvalue weighted by Crippen LogP contribution is 2.22. The standard InChI is InChI=1S/C14H22N2O/c1-13(2,3)10-7-8-15-11(9-10)12(17)16-14(4,5)6/h7-9H,1-6H3,(H,16,17). The lowest BCUT2D eigenvalue weighted by Crippen LogP contribution is -2.41. The minimum atomic E-state index is -0.240. The third-order valence-corrected chi connectivity index (χ3v) is 2.35. The van der Waals surface area contributed by atoms with Crippen LogP contribution < -0.4 is 5.32 Å². The van der Waals surface area contributed by atoms with Gasteiger partial charge in [-0.1, -0.05) is 20.8 Å². The number of hydrogen-bond donors (Lipinski definition) is 1. The van der Waals surface area contributed by atoms with Crippen molar-refractivity contribution in [3.63, 3.8) is 0 Å². The number of hydrogen-bond acceptors (Lipinski definition) is 2. The lowest BCUT2D eigenvalue weighted by molar-refractivity contribution is 0.0914. The Morgan fingerprint density at radius 1 is 1.18 bits per heavy atom. The maximum Gasteiger partial charge on any atom is 0.270 e. The second-order valence-electron chi connectivity index (χ2n) is 6.38. The first-order valence-corrected chi connectivity index (χ1v) is 5.89. The lowest BCUT2D eigenvalue weighted by atomic mass is 9.87. The number of nitrogens with one attached hydrogen (secondary N) is 1. The van der Waals surface area contributed by atoms with E-state index in [1.54, 1.807) is 6.20 Å². The highest BCUT2D eigenvalue weighted by atomic mass is 16.2. The molecule has 0 aliphatic rings. The Morgan fingerprint density at radius 2 is 1.76 bits per heavy atom. The van der Waals surface area contributed by atoms with E-state index >= 15 is 0 Å². The summed E-state index contributed by atoms with van der Waals surface area (Å²) in [5.41, 5.74) is 1.38. The van der Waals surface area contributed by atoms with Crippen LogP contribution in [0, 0.1) is 0 Å². The zero-order chi connectivity index (χ0) is 13.3. The van der Waals surface area contributed by atoms with Crippen molar-refractivity contribution in [2.24, 2.45) is 0 Å². The van der Waals surface area contributed by atoms with Gasteiger partial charge in [0.15, 0.2) is 0 Å². The first kappa shape index (κ1) is 13.7. The molecule has 0 bridgehead atoms. The molecule has 0 saturated carbocycles. The van der Waals surface area contributed by atoms with E-state index in [9.17, 15) is 4.79 Å². The maximum atomic E-state index is 12.0. The van der Waals surface area contributed by atoms with E-state index in [4.69, 9.17) is 0 Å².